The number of ether oxygens (including phenoxy) is 1. The Hall–Kier alpha value is -2.62. The molecule has 1 saturated heterocycles. The first-order valence-electron chi connectivity index (χ1n) is 8.33. The Bertz CT molecular complexity index is 831. The van der Waals surface area contributed by atoms with Crippen molar-refractivity contribution in [2.75, 3.05) is 50.4 Å². The zero-order chi connectivity index (χ0) is 20.2. The molecule has 0 atom stereocenters. The summed E-state index contributed by atoms with van der Waals surface area (Å²) < 4.78 is 30.1. The van der Waals surface area contributed by atoms with Gasteiger partial charge in [-0.25, -0.2) is 13.2 Å². The molecule has 1 aromatic carbocycles. The molecule has 0 unspecified atom stereocenters. The Morgan fingerprint density at radius 3 is 2.22 bits per heavy atom. The topological polar surface area (TPSA) is 104 Å². The summed E-state index contributed by atoms with van der Waals surface area (Å²) in [7, 11) is -2.53. The highest BCUT2D eigenvalue weighted by atomic mass is 32.2. The number of nitrogens with zero attached hydrogens (tertiary/aromatic N) is 3. The molecule has 0 saturated carbocycles. The molecular formula is C17H23N3O6S. The van der Waals surface area contributed by atoms with E-state index in [-0.39, 0.29) is 29.6 Å². The van der Waals surface area contributed by atoms with Gasteiger partial charge in [0.2, 0.25) is 21.8 Å². The molecule has 1 aromatic rings. The number of benzene rings is 1. The number of piperazine rings is 1. The molecule has 0 aliphatic carbocycles. The van der Waals surface area contributed by atoms with Crippen LogP contribution in [-0.2, 0) is 24.3 Å². The zero-order valence-corrected chi connectivity index (χ0v) is 16.4. The molecule has 1 fully saturated rings. The van der Waals surface area contributed by atoms with Crippen LogP contribution in [0.2, 0.25) is 0 Å². The molecule has 27 heavy (non-hydrogen) atoms. The first-order chi connectivity index (χ1) is 12.6. The van der Waals surface area contributed by atoms with E-state index in [0.29, 0.717) is 26.2 Å². The molecule has 1 aliphatic rings. The molecule has 148 valence electrons. The van der Waals surface area contributed by atoms with Crippen molar-refractivity contribution in [2.45, 2.75) is 6.92 Å². The lowest BCUT2D eigenvalue weighted by Crippen LogP contribution is -2.52. The number of amides is 2. The minimum Gasteiger partial charge on any atom is -0.465 e. The first kappa shape index (κ1) is 20.7. The third-order valence-electron chi connectivity index (χ3n) is 4.31. The number of hydrogen-bond acceptors (Lipinski definition) is 6. The zero-order valence-electron chi connectivity index (χ0n) is 15.5. The average molecular weight is 397 g/mol. The van der Waals surface area contributed by atoms with Crippen molar-refractivity contribution in [1.82, 2.24) is 9.80 Å². The number of rotatable bonds is 5. The Labute approximate surface area is 158 Å². The SMILES string of the molecule is COC(=O)c1cccc(N(CC(=O)N2CCN(C(C)=O)CC2)S(C)(=O)=O)c1. The summed E-state index contributed by atoms with van der Waals surface area (Å²) in [5.74, 6) is -1.02. The smallest absolute Gasteiger partial charge is 0.337 e. The van der Waals surface area contributed by atoms with Crippen LogP contribution in [0.5, 0.6) is 0 Å². The van der Waals surface area contributed by atoms with E-state index in [0.717, 1.165) is 10.6 Å². The van der Waals surface area contributed by atoms with Gasteiger partial charge in [0.25, 0.3) is 0 Å². The minimum atomic E-state index is -3.76. The lowest BCUT2D eigenvalue weighted by molar-refractivity contribution is -0.137. The summed E-state index contributed by atoms with van der Waals surface area (Å²) in [5.41, 5.74) is 0.391. The van der Waals surface area contributed by atoms with Gasteiger partial charge >= 0.3 is 5.97 Å². The van der Waals surface area contributed by atoms with E-state index in [4.69, 9.17) is 0 Å². The van der Waals surface area contributed by atoms with Gasteiger partial charge in [-0.05, 0) is 18.2 Å². The van der Waals surface area contributed by atoms with E-state index in [1.807, 2.05) is 0 Å². The van der Waals surface area contributed by atoms with Crippen molar-refractivity contribution in [2.24, 2.45) is 0 Å². The minimum absolute atomic E-state index is 0.0560. The number of methoxy groups -OCH3 is 1. The Morgan fingerprint density at radius 1 is 1.11 bits per heavy atom. The quantitative estimate of drug-likeness (QED) is 0.644. The Morgan fingerprint density at radius 2 is 1.70 bits per heavy atom. The first-order valence-corrected chi connectivity index (χ1v) is 10.2. The third-order valence-corrected chi connectivity index (χ3v) is 5.45. The van der Waals surface area contributed by atoms with E-state index in [2.05, 4.69) is 4.74 Å². The molecule has 2 amide bonds. The van der Waals surface area contributed by atoms with E-state index < -0.39 is 16.0 Å². The Balaban J connectivity index is 2.18. The van der Waals surface area contributed by atoms with Crippen molar-refractivity contribution >= 4 is 33.5 Å². The van der Waals surface area contributed by atoms with Crippen LogP contribution in [-0.4, -0.2) is 82.1 Å². The molecule has 0 spiro atoms. The highest BCUT2D eigenvalue weighted by molar-refractivity contribution is 7.92. The number of sulfonamides is 1. The highest BCUT2D eigenvalue weighted by Gasteiger charge is 2.27. The molecule has 9 nitrogen and oxygen atoms in total. The fourth-order valence-electron chi connectivity index (χ4n) is 2.80. The molecular weight excluding hydrogens is 374 g/mol. The van der Waals surface area contributed by atoms with E-state index in [1.54, 1.807) is 4.90 Å². The summed E-state index contributed by atoms with van der Waals surface area (Å²) >= 11 is 0. The fraction of sp³-hybridized carbons (Fsp3) is 0.471. The van der Waals surface area contributed by atoms with Gasteiger partial charge in [0.1, 0.15) is 6.54 Å². The summed E-state index contributed by atoms with van der Waals surface area (Å²) in [6.45, 7) is 2.60. The predicted molar refractivity (Wildman–Crippen MR) is 98.8 cm³/mol. The Kier molecular flexibility index (Phi) is 6.42. The van der Waals surface area contributed by atoms with Crippen LogP contribution < -0.4 is 4.31 Å². The molecule has 0 bridgehead atoms. The van der Waals surface area contributed by atoms with Gasteiger partial charge < -0.3 is 14.5 Å². The summed E-state index contributed by atoms with van der Waals surface area (Å²) in [6.07, 6.45) is 0.999. The van der Waals surface area contributed by atoms with Gasteiger partial charge in [-0.1, -0.05) is 6.07 Å². The van der Waals surface area contributed by atoms with Crippen LogP contribution >= 0.6 is 0 Å². The van der Waals surface area contributed by atoms with Gasteiger partial charge in [-0.2, -0.15) is 0 Å². The summed E-state index contributed by atoms with van der Waals surface area (Å²) in [6, 6.07) is 5.90. The molecule has 0 radical (unpaired) electrons. The van der Waals surface area contributed by atoms with Crippen LogP contribution in [0.25, 0.3) is 0 Å². The predicted octanol–water partition coefficient (Wildman–Crippen LogP) is -0.0701. The second-order valence-electron chi connectivity index (χ2n) is 6.20. The highest BCUT2D eigenvalue weighted by Crippen LogP contribution is 2.20. The monoisotopic (exact) mass is 397 g/mol. The number of hydrogen-bond donors (Lipinski definition) is 0. The van der Waals surface area contributed by atoms with Crippen LogP contribution in [0.4, 0.5) is 5.69 Å². The van der Waals surface area contributed by atoms with Crippen LogP contribution in [0.1, 0.15) is 17.3 Å². The van der Waals surface area contributed by atoms with Gasteiger partial charge in [0, 0.05) is 33.1 Å². The maximum atomic E-state index is 12.6. The number of anilines is 1. The lowest BCUT2D eigenvalue weighted by Gasteiger charge is -2.35. The molecule has 1 heterocycles. The number of carbonyl (C=O) groups is 3. The maximum Gasteiger partial charge on any atom is 0.337 e. The van der Waals surface area contributed by atoms with Gasteiger partial charge in [-0.15, -0.1) is 0 Å². The van der Waals surface area contributed by atoms with Crippen molar-refractivity contribution in [3.8, 4) is 0 Å². The largest absolute Gasteiger partial charge is 0.465 e. The molecule has 2 rings (SSSR count). The van der Waals surface area contributed by atoms with Crippen LogP contribution in [0, 0.1) is 0 Å². The fourth-order valence-corrected chi connectivity index (χ4v) is 3.64. The molecule has 1 aliphatic heterocycles. The lowest BCUT2D eigenvalue weighted by atomic mass is 10.2. The van der Waals surface area contributed by atoms with Crippen LogP contribution in [0.3, 0.4) is 0 Å². The average Bonchev–Trinajstić information content (AvgIpc) is 2.64. The van der Waals surface area contributed by atoms with Gasteiger partial charge in [0.05, 0.1) is 24.6 Å². The van der Waals surface area contributed by atoms with Crippen molar-refractivity contribution in [1.29, 1.82) is 0 Å². The van der Waals surface area contributed by atoms with Crippen molar-refractivity contribution in [3.63, 3.8) is 0 Å². The number of esters is 1. The maximum absolute atomic E-state index is 12.6. The van der Waals surface area contributed by atoms with Crippen molar-refractivity contribution in [3.05, 3.63) is 29.8 Å². The normalized spacial score (nSPS) is 14.6. The molecule has 0 aromatic heterocycles. The standard InChI is InChI=1S/C17H23N3O6S/c1-13(21)18-7-9-19(10-8-18)16(22)12-20(27(3,24)25)15-6-4-5-14(11-15)17(23)26-2/h4-6,11H,7-10,12H2,1-3H3. The van der Waals surface area contributed by atoms with E-state index in [1.165, 1.54) is 43.2 Å². The second kappa shape index (κ2) is 8.38. The number of carbonyl (C=O) groups excluding carboxylic acids is 3. The summed E-state index contributed by atoms with van der Waals surface area (Å²) in [4.78, 5) is 38.8. The van der Waals surface area contributed by atoms with Gasteiger partial charge in [-0.3, -0.25) is 13.9 Å². The van der Waals surface area contributed by atoms with E-state index in [9.17, 15) is 22.8 Å². The second-order valence-corrected chi connectivity index (χ2v) is 8.11. The van der Waals surface area contributed by atoms with Gasteiger partial charge in [0.15, 0.2) is 0 Å². The molecule has 10 heteroatoms. The third kappa shape index (κ3) is 5.19. The van der Waals surface area contributed by atoms with Crippen LogP contribution in [0.15, 0.2) is 24.3 Å². The van der Waals surface area contributed by atoms with E-state index >= 15 is 0 Å². The molecule has 0 N–H and O–H groups in total. The van der Waals surface area contributed by atoms with Crippen molar-refractivity contribution < 1.29 is 27.5 Å². The summed E-state index contributed by atoms with van der Waals surface area (Å²) in [5, 5.41) is 0.